The van der Waals surface area contributed by atoms with Crippen LogP contribution in [-0.2, 0) is 28.6 Å². The SMILES string of the molecule is CC/C=C\C/C=C\C/C=C\C/C=C\C/C=C\C/C=C\C/C=C\CCCCCC(=O)OCC(COC(=O)C/C=C\C/C=C\C/C=C\C/C=C\C/C=C\CC)OC(=O)CCCCCCCCC/C=C\C/C=C\C/C=C\C/C=C\C/C=C\CC. The van der Waals surface area contributed by atoms with Crippen molar-refractivity contribution in [2.45, 2.75) is 232 Å². The zero-order valence-corrected chi connectivity index (χ0v) is 51.2. The monoisotopic (exact) mass is 1110 g/mol. The average molecular weight is 1110 g/mol. The summed E-state index contributed by atoms with van der Waals surface area (Å²) in [6, 6.07) is 0. The van der Waals surface area contributed by atoms with E-state index in [1.54, 1.807) is 6.08 Å². The standard InChI is InChI=1S/C75H112O6/c1-4-7-10-13-16-19-22-25-28-30-32-34-36-37-39-40-42-44-47-50-53-56-59-62-65-68-74(77)80-71-72(70-79-73(76)67-64-61-58-55-52-49-46-27-24-21-18-15-12-9-6-3)81-75(78)69-66-63-60-57-54-51-48-45-43-41-38-35-33-31-29-26-23-20-17-14-11-8-5-2/h7-12,16-21,25-29,32-35,37,39,41-44,46,50,52-53,55,61,64,72H,4-6,13-15,22-24,30-31,36,38,40,45,47-49,51,54,56-60,62-63,65-71H2,1-3H3/b10-7-,11-8-,12-9-,19-16-,20-17-,21-18-,28-25-,29-26-,34-32-,35-33-,39-37-,43-41-,44-42-,46-27-,53-50-,55-52-,64-61-. The third kappa shape index (κ3) is 64.7. The number of unbranched alkanes of at least 4 members (excludes halogenated alkanes) is 10. The van der Waals surface area contributed by atoms with E-state index in [-0.39, 0.29) is 44.4 Å². The second-order valence-corrected chi connectivity index (χ2v) is 19.8. The molecule has 0 bridgehead atoms. The van der Waals surface area contributed by atoms with Gasteiger partial charge in [-0.3, -0.25) is 14.4 Å². The number of ether oxygens (including phenoxy) is 3. The van der Waals surface area contributed by atoms with Gasteiger partial charge in [-0.05, 0) is 148 Å². The molecule has 0 saturated carbocycles. The second kappa shape index (κ2) is 66.5. The topological polar surface area (TPSA) is 78.9 Å². The first-order chi connectivity index (χ1) is 40.0. The zero-order chi connectivity index (χ0) is 58.5. The van der Waals surface area contributed by atoms with E-state index in [9.17, 15) is 14.4 Å². The fourth-order valence-electron chi connectivity index (χ4n) is 7.70. The molecule has 1 atom stereocenters. The predicted octanol–water partition coefficient (Wildman–Crippen LogP) is 22.0. The van der Waals surface area contributed by atoms with Crippen LogP contribution in [0, 0.1) is 0 Å². The number of carbonyl (C=O) groups excluding carboxylic acids is 3. The lowest BCUT2D eigenvalue weighted by Crippen LogP contribution is -2.30. The van der Waals surface area contributed by atoms with Gasteiger partial charge in [0.2, 0.25) is 0 Å². The van der Waals surface area contributed by atoms with Crippen molar-refractivity contribution in [2.24, 2.45) is 0 Å². The van der Waals surface area contributed by atoms with Crippen LogP contribution in [0.5, 0.6) is 0 Å². The summed E-state index contributed by atoms with van der Waals surface area (Å²) in [7, 11) is 0. The van der Waals surface area contributed by atoms with Crippen molar-refractivity contribution in [3.8, 4) is 0 Å². The Balaban J connectivity index is 4.59. The highest BCUT2D eigenvalue weighted by atomic mass is 16.6. The van der Waals surface area contributed by atoms with Crippen LogP contribution in [0.1, 0.15) is 226 Å². The van der Waals surface area contributed by atoms with E-state index in [1.165, 1.54) is 19.3 Å². The maximum absolute atomic E-state index is 12.9. The van der Waals surface area contributed by atoms with Crippen LogP contribution in [0.25, 0.3) is 0 Å². The maximum Gasteiger partial charge on any atom is 0.309 e. The van der Waals surface area contributed by atoms with Crippen LogP contribution in [0.2, 0.25) is 0 Å². The minimum atomic E-state index is -0.854. The summed E-state index contributed by atoms with van der Waals surface area (Å²) in [5.74, 6) is -1.13. The molecule has 6 nitrogen and oxygen atoms in total. The fraction of sp³-hybridized carbons (Fsp3) is 0.507. The molecule has 0 aromatic rings. The molecule has 6 heteroatoms. The zero-order valence-electron chi connectivity index (χ0n) is 51.2. The molecule has 81 heavy (non-hydrogen) atoms. The van der Waals surface area contributed by atoms with Crippen LogP contribution in [0.3, 0.4) is 0 Å². The van der Waals surface area contributed by atoms with E-state index >= 15 is 0 Å². The van der Waals surface area contributed by atoms with E-state index in [4.69, 9.17) is 14.2 Å². The third-order valence-electron chi connectivity index (χ3n) is 12.3. The first-order valence-corrected chi connectivity index (χ1v) is 31.6. The average Bonchev–Trinajstić information content (AvgIpc) is 3.47. The van der Waals surface area contributed by atoms with E-state index in [2.05, 4.69) is 215 Å². The van der Waals surface area contributed by atoms with Crippen molar-refractivity contribution in [1.82, 2.24) is 0 Å². The molecule has 0 rings (SSSR count). The molecule has 0 saturated heterocycles. The van der Waals surface area contributed by atoms with Gasteiger partial charge in [0, 0.05) is 12.8 Å². The van der Waals surface area contributed by atoms with Crippen molar-refractivity contribution in [3.63, 3.8) is 0 Å². The van der Waals surface area contributed by atoms with Crippen LogP contribution in [0.4, 0.5) is 0 Å². The Kier molecular flexibility index (Phi) is 61.6. The van der Waals surface area contributed by atoms with Gasteiger partial charge in [0.1, 0.15) is 13.2 Å². The van der Waals surface area contributed by atoms with Gasteiger partial charge in [0.25, 0.3) is 0 Å². The number of hydrogen-bond acceptors (Lipinski definition) is 6. The first kappa shape index (κ1) is 75.0. The number of carbonyl (C=O) groups is 3. The van der Waals surface area contributed by atoms with Gasteiger partial charge in [0.15, 0.2) is 6.10 Å². The molecule has 1 unspecified atom stereocenters. The van der Waals surface area contributed by atoms with Crippen molar-refractivity contribution >= 4 is 17.9 Å². The van der Waals surface area contributed by atoms with Gasteiger partial charge in [-0.1, -0.05) is 266 Å². The van der Waals surface area contributed by atoms with Crippen LogP contribution >= 0.6 is 0 Å². The summed E-state index contributed by atoms with van der Waals surface area (Å²) in [6.07, 6.45) is 103. The molecule has 0 aromatic heterocycles. The second-order valence-electron chi connectivity index (χ2n) is 19.8. The minimum Gasteiger partial charge on any atom is -0.462 e. The van der Waals surface area contributed by atoms with Gasteiger partial charge in [-0.25, -0.2) is 0 Å². The van der Waals surface area contributed by atoms with Crippen molar-refractivity contribution < 1.29 is 28.6 Å². The molecule has 0 amide bonds. The molecule has 0 aliphatic rings. The normalized spacial score (nSPS) is 13.6. The molecule has 0 aliphatic heterocycles. The first-order valence-electron chi connectivity index (χ1n) is 31.6. The van der Waals surface area contributed by atoms with E-state index < -0.39 is 12.1 Å². The van der Waals surface area contributed by atoms with E-state index in [1.807, 2.05) is 6.08 Å². The fourth-order valence-corrected chi connectivity index (χ4v) is 7.70. The maximum atomic E-state index is 12.9. The van der Waals surface area contributed by atoms with Crippen molar-refractivity contribution in [1.29, 1.82) is 0 Å². The Morgan fingerprint density at radius 1 is 0.259 bits per heavy atom. The van der Waals surface area contributed by atoms with Gasteiger partial charge in [-0.2, -0.15) is 0 Å². The Morgan fingerprint density at radius 3 is 0.815 bits per heavy atom. The Morgan fingerprint density at radius 2 is 0.494 bits per heavy atom. The molecule has 448 valence electrons. The highest BCUT2D eigenvalue weighted by molar-refractivity contribution is 5.72. The highest BCUT2D eigenvalue weighted by Crippen LogP contribution is 2.13. The quantitative estimate of drug-likeness (QED) is 0.0261. The number of rotatable bonds is 54. The van der Waals surface area contributed by atoms with Gasteiger partial charge >= 0.3 is 17.9 Å². The largest absolute Gasteiger partial charge is 0.462 e. The minimum absolute atomic E-state index is 0.106. The van der Waals surface area contributed by atoms with Gasteiger partial charge in [-0.15, -0.1) is 0 Å². The molecule has 0 spiro atoms. The Hall–Kier alpha value is -6.01. The Bertz CT molecular complexity index is 2000. The molecular formula is C75H112O6. The molecular weight excluding hydrogens is 997 g/mol. The third-order valence-corrected chi connectivity index (χ3v) is 12.3. The smallest absolute Gasteiger partial charge is 0.309 e. The molecule has 0 N–H and O–H groups in total. The molecule has 0 aliphatic carbocycles. The lowest BCUT2D eigenvalue weighted by atomic mass is 10.1. The van der Waals surface area contributed by atoms with E-state index in [0.717, 1.165) is 161 Å². The molecule has 0 aromatic carbocycles. The summed E-state index contributed by atoms with van der Waals surface area (Å²) in [4.78, 5) is 38.3. The molecule has 0 radical (unpaired) electrons. The lowest BCUT2D eigenvalue weighted by molar-refractivity contribution is -0.166. The number of esters is 3. The van der Waals surface area contributed by atoms with Crippen LogP contribution < -0.4 is 0 Å². The van der Waals surface area contributed by atoms with Gasteiger partial charge < -0.3 is 14.2 Å². The van der Waals surface area contributed by atoms with E-state index in [0.29, 0.717) is 6.42 Å². The molecule has 0 heterocycles. The summed E-state index contributed by atoms with van der Waals surface area (Å²) in [5, 5.41) is 0. The van der Waals surface area contributed by atoms with Crippen molar-refractivity contribution in [2.75, 3.05) is 13.2 Å². The Labute approximate surface area is 496 Å². The predicted molar refractivity (Wildman–Crippen MR) is 352 cm³/mol. The van der Waals surface area contributed by atoms with Crippen LogP contribution in [0.15, 0.2) is 207 Å². The summed E-state index contributed by atoms with van der Waals surface area (Å²) in [6.45, 7) is 6.15. The molecule has 0 fully saturated rings. The van der Waals surface area contributed by atoms with Crippen LogP contribution in [-0.4, -0.2) is 37.2 Å². The summed E-state index contributed by atoms with van der Waals surface area (Å²) in [5.41, 5.74) is 0. The number of allylic oxidation sites excluding steroid dienone is 33. The summed E-state index contributed by atoms with van der Waals surface area (Å²) >= 11 is 0. The lowest BCUT2D eigenvalue weighted by Gasteiger charge is -2.18. The highest BCUT2D eigenvalue weighted by Gasteiger charge is 2.19. The van der Waals surface area contributed by atoms with Gasteiger partial charge in [0.05, 0.1) is 6.42 Å². The van der Waals surface area contributed by atoms with Crippen molar-refractivity contribution in [3.05, 3.63) is 207 Å². The summed E-state index contributed by atoms with van der Waals surface area (Å²) < 4.78 is 16.8. The number of hydrogen-bond donors (Lipinski definition) is 0.